The molecule has 1 aromatic heterocycles. The summed E-state index contributed by atoms with van der Waals surface area (Å²) in [6, 6.07) is 2.99. The van der Waals surface area contributed by atoms with E-state index < -0.39 is 18.1 Å². The van der Waals surface area contributed by atoms with Crippen molar-refractivity contribution in [3.05, 3.63) is 63.0 Å². The summed E-state index contributed by atoms with van der Waals surface area (Å²) in [6.45, 7) is 4.85. The molecule has 0 saturated carbocycles. The minimum atomic E-state index is -0.766. The lowest BCUT2D eigenvalue weighted by atomic mass is 9.92. The molecule has 0 bridgehead atoms. The molecular weight excluding hydrogens is 501 g/mol. The number of aromatic nitrogens is 1. The standard InChI is InChI=1S/C25H30FN5O5S/c1-3-36-25(34)20-18(13-31-8-10-35-14-19(31)23(33)27-6-9-32)29-22(24-28-7-11-37-24)30-21(20)17-5-4-16(26)12-15(17)2/h4-5,7,11-12,19,21,32H,3,6,8-10,13-14H2,1-2H3,(H,27,33)(H,29,30). The van der Waals surface area contributed by atoms with E-state index in [2.05, 4.69) is 15.6 Å². The first-order chi connectivity index (χ1) is 17.9. The van der Waals surface area contributed by atoms with Crippen molar-refractivity contribution in [3.8, 4) is 0 Å². The smallest absolute Gasteiger partial charge is 0.338 e. The van der Waals surface area contributed by atoms with Crippen LogP contribution >= 0.6 is 11.3 Å². The Labute approximate surface area is 218 Å². The Bertz CT molecular complexity index is 1190. The molecule has 10 nitrogen and oxygen atoms in total. The Hall–Kier alpha value is -3.19. The van der Waals surface area contributed by atoms with Gasteiger partial charge in [0.2, 0.25) is 5.91 Å². The summed E-state index contributed by atoms with van der Waals surface area (Å²) in [7, 11) is 0. The third kappa shape index (κ3) is 6.21. The van der Waals surface area contributed by atoms with Crippen molar-refractivity contribution in [2.75, 3.05) is 46.1 Å². The van der Waals surface area contributed by atoms with Gasteiger partial charge in [-0.15, -0.1) is 11.3 Å². The van der Waals surface area contributed by atoms with E-state index in [-0.39, 0.29) is 50.2 Å². The number of ether oxygens (including phenoxy) is 2. The number of esters is 1. The van der Waals surface area contributed by atoms with Crippen LogP contribution in [0, 0.1) is 12.7 Å². The van der Waals surface area contributed by atoms with Crippen molar-refractivity contribution in [1.82, 2.24) is 20.5 Å². The largest absolute Gasteiger partial charge is 0.463 e. The van der Waals surface area contributed by atoms with Gasteiger partial charge in [-0.25, -0.2) is 14.2 Å². The summed E-state index contributed by atoms with van der Waals surface area (Å²) in [5, 5.41) is 17.5. The highest BCUT2D eigenvalue weighted by Gasteiger charge is 2.37. The van der Waals surface area contributed by atoms with Crippen molar-refractivity contribution < 1.29 is 28.6 Å². The zero-order valence-electron chi connectivity index (χ0n) is 20.7. The number of rotatable bonds is 9. The summed E-state index contributed by atoms with van der Waals surface area (Å²) < 4.78 is 24.9. The molecule has 2 aromatic rings. The number of amidine groups is 1. The fourth-order valence-corrected chi connectivity index (χ4v) is 4.95. The number of halogens is 1. The van der Waals surface area contributed by atoms with Crippen molar-refractivity contribution in [1.29, 1.82) is 0 Å². The molecule has 3 N–H and O–H groups in total. The summed E-state index contributed by atoms with van der Waals surface area (Å²) in [4.78, 5) is 37.3. The second kappa shape index (κ2) is 12.4. The number of carbonyl (C=O) groups excluding carboxylic acids is 2. The third-order valence-electron chi connectivity index (χ3n) is 6.10. The number of aliphatic imine (C=N–C) groups is 1. The zero-order valence-corrected chi connectivity index (χ0v) is 21.5. The Morgan fingerprint density at radius 1 is 1.41 bits per heavy atom. The van der Waals surface area contributed by atoms with Crippen LogP contribution in [0.15, 0.2) is 46.0 Å². The van der Waals surface area contributed by atoms with Gasteiger partial charge in [0.15, 0.2) is 10.8 Å². The van der Waals surface area contributed by atoms with Crippen LogP contribution in [0.1, 0.15) is 29.1 Å². The van der Waals surface area contributed by atoms with Crippen molar-refractivity contribution >= 4 is 29.0 Å². The van der Waals surface area contributed by atoms with Gasteiger partial charge in [0.1, 0.15) is 17.9 Å². The lowest BCUT2D eigenvalue weighted by molar-refractivity contribution is -0.139. The highest BCUT2D eigenvalue weighted by Crippen LogP contribution is 2.35. The summed E-state index contributed by atoms with van der Waals surface area (Å²) in [5.41, 5.74) is 2.12. The summed E-state index contributed by atoms with van der Waals surface area (Å²) in [5.74, 6) is -0.731. The van der Waals surface area contributed by atoms with Crippen LogP contribution in [0.2, 0.25) is 0 Å². The van der Waals surface area contributed by atoms with E-state index in [0.717, 1.165) is 0 Å². The molecule has 4 rings (SSSR count). The molecule has 1 fully saturated rings. The van der Waals surface area contributed by atoms with Crippen LogP contribution < -0.4 is 10.6 Å². The van der Waals surface area contributed by atoms with Crippen molar-refractivity contribution in [3.63, 3.8) is 0 Å². The third-order valence-corrected chi connectivity index (χ3v) is 6.88. The van der Waals surface area contributed by atoms with Crippen molar-refractivity contribution in [2.45, 2.75) is 25.9 Å². The van der Waals surface area contributed by atoms with Crippen LogP contribution in [0.3, 0.4) is 0 Å². The Kier molecular flexibility index (Phi) is 8.98. The number of nitrogens with zero attached hydrogens (tertiary/aromatic N) is 3. The van der Waals surface area contributed by atoms with E-state index >= 15 is 0 Å². The molecule has 3 heterocycles. The molecular formula is C25H30FN5O5S. The number of morpholine rings is 1. The molecule has 1 aromatic carbocycles. The van der Waals surface area contributed by atoms with Gasteiger partial charge in [0.25, 0.3) is 0 Å². The normalized spacial score (nSPS) is 20.3. The summed E-state index contributed by atoms with van der Waals surface area (Å²) in [6.07, 6.45) is 1.66. The molecule has 12 heteroatoms. The van der Waals surface area contributed by atoms with Gasteiger partial charge in [-0.1, -0.05) is 6.07 Å². The number of benzene rings is 1. The van der Waals surface area contributed by atoms with Crippen LogP contribution in [0.25, 0.3) is 0 Å². The predicted octanol–water partition coefficient (Wildman–Crippen LogP) is 1.31. The van der Waals surface area contributed by atoms with Gasteiger partial charge in [-0.2, -0.15) is 0 Å². The Balaban J connectivity index is 1.78. The molecule has 2 aliphatic heterocycles. The molecule has 2 unspecified atom stereocenters. The van der Waals surface area contributed by atoms with Gasteiger partial charge >= 0.3 is 5.97 Å². The van der Waals surface area contributed by atoms with Crippen LogP contribution in [0.4, 0.5) is 4.39 Å². The maximum absolute atomic E-state index is 14.0. The first-order valence-corrected chi connectivity index (χ1v) is 12.9. The average molecular weight is 532 g/mol. The molecule has 1 amide bonds. The molecule has 37 heavy (non-hydrogen) atoms. The SMILES string of the molecule is CCOC(=O)C1=C(CN2CCOCC2C(=O)NCCO)NC(c2nccs2)=NC1c1ccc(F)cc1C. The van der Waals surface area contributed by atoms with E-state index in [1.807, 2.05) is 10.3 Å². The lowest BCUT2D eigenvalue weighted by Gasteiger charge is -2.37. The highest BCUT2D eigenvalue weighted by molar-refractivity contribution is 7.11. The maximum atomic E-state index is 14.0. The predicted molar refractivity (Wildman–Crippen MR) is 136 cm³/mol. The van der Waals surface area contributed by atoms with Crippen LogP contribution in [-0.2, 0) is 19.1 Å². The first-order valence-electron chi connectivity index (χ1n) is 12.0. The van der Waals surface area contributed by atoms with E-state index in [0.29, 0.717) is 40.8 Å². The van der Waals surface area contributed by atoms with Gasteiger partial charge in [-0.05, 0) is 37.1 Å². The summed E-state index contributed by atoms with van der Waals surface area (Å²) >= 11 is 1.39. The molecule has 198 valence electrons. The number of hydrogen-bond donors (Lipinski definition) is 3. The van der Waals surface area contributed by atoms with E-state index in [1.165, 1.54) is 23.5 Å². The fourth-order valence-electron chi connectivity index (χ4n) is 4.36. The molecule has 1 saturated heterocycles. The average Bonchev–Trinajstić information content (AvgIpc) is 3.42. The lowest BCUT2D eigenvalue weighted by Crippen LogP contribution is -2.55. The number of amides is 1. The van der Waals surface area contributed by atoms with Gasteiger partial charge in [0, 0.05) is 36.9 Å². The second-order valence-corrected chi connectivity index (χ2v) is 9.43. The topological polar surface area (TPSA) is 125 Å². The Morgan fingerprint density at radius 3 is 2.95 bits per heavy atom. The monoisotopic (exact) mass is 531 g/mol. The van der Waals surface area contributed by atoms with E-state index in [1.54, 1.807) is 26.1 Å². The Morgan fingerprint density at radius 2 is 2.24 bits per heavy atom. The minimum Gasteiger partial charge on any atom is -0.463 e. The van der Waals surface area contributed by atoms with Gasteiger partial charge in [-0.3, -0.25) is 14.7 Å². The highest BCUT2D eigenvalue weighted by atomic mass is 32.1. The van der Waals surface area contributed by atoms with E-state index in [4.69, 9.17) is 19.6 Å². The van der Waals surface area contributed by atoms with Crippen molar-refractivity contribution in [2.24, 2.45) is 4.99 Å². The molecule has 0 aliphatic carbocycles. The molecule has 2 aliphatic rings. The zero-order chi connectivity index (χ0) is 26.4. The number of thiazole rings is 1. The van der Waals surface area contributed by atoms with Gasteiger partial charge in [0.05, 0.1) is 32.0 Å². The fraction of sp³-hybridized carbons (Fsp3) is 0.440. The quantitative estimate of drug-likeness (QED) is 0.414. The van der Waals surface area contributed by atoms with Crippen LogP contribution in [0.5, 0.6) is 0 Å². The number of aliphatic hydroxyl groups excluding tert-OH is 1. The van der Waals surface area contributed by atoms with E-state index in [9.17, 15) is 14.0 Å². The minimum absolute atomic E-state index is 0.130. The van der Waals surface area contributed by atoms with Gasteiger partial charge < -0.3 is 25.2 Å². The number of aryl methyl sites for hydroxylation is 1. The number of nitrogens with one attached hydrogen (secondary N) is 2. The van der Waals surface area contributed by atoms with Crippen LogP contribution in [-0.4, -0.2) is 84.8 Å². The first kappa shape index (κ1) is 26.9. The second-order valence-electron chi connectivity index (χ2n) is 8.53. The maximum Gasteiger partial charge on any atom is 0.338 e. The number of carbonyl (C=O) groups is 2. The molecule has 0 spiro atoms. The number of aliphatic hydroxyl groups is 1. The molecule has 0 radical (unpaired) electrons. The number of hydrogen-bond acceptors (Lipinski definition) is 10. The molecule has 2 atom stereocenters.